The molecule has 194 valence electrons. The number of anilines is 1. The second-order valence-electron chi connectivity index (χ2n) is 8.60. The third kappa shape index (κ3) is 4.33. The van der Waals surface area contributed by atoms with Crippen molar-refractivity contribution < 1.29 is 23.5 Å². The zero-order valence-corrected chi connectivity index (χ0v) is 23.3. The lowest BCUT2D eigenvalue weighted by molar-refractivity contribution is 0.0969. The molecule has 0 radical (unpaired) electrons. The number of aryl methyl sites for hydroxylation is 1. The molecular formula is C28H23BrN2O6S. The van der Waals surface area contributed by atoms with Gasteiger partial charge in [-0.05, 0) is 49.7 Å². The molecule has 1 unspecified atom stereocenters. The van der Waals surface area contributed by atoms with Crippen molar-refractivity contribution in [1.29, 1.82) is 0 Å². The molecule has 0 saturated heterocycles. The van der Waals surface area contributed by atoms with E-state index in [4.69, 9.17) is 13.9 Å². The van der Waals surface area contributed by atoms with E-state index in [1.807, 2.05) is 6.92 Å². The normalized spacial score (nSPS) is 14.6. The molecule has 4 aromatic rings. The number of halogens is 1. The minimum absolute atomic E-state index is 0.0583. The predicted molar refractivity (Wildman–Crippen MR) is 149 cm³/mol. The van der Waals surface area contributed by atoms with Crippen LogP contribution >= 0.6 is 27.3 Å². The fraction of sp³-hybridized carbons (Fsp3) is 0.214. The predicted octanol–water partition coefficient (Wildman–Crippen LogP) is 6.24. The number of fused-ring (bicyclic) bond motifs is 2. The summed E-state index contributed by atoms with van der Waals surface area (Å²) in [7, 11) is 0. The van der Waals surface area contributed by atoms with Gasteiger partial charge in [0.1, 0.15) is 12.2 Å². The average Bonchev–Trinajstić information content (AvgIpc) is 3.41. The molecule has 0 spiro atoms. The molecule has 0 N–H and O–H groups in total. The van der Waals surface area contributed by atoms with Crippen LogP contribution in [-0.4, -0.2) is 29.9 Å². The molecule has 2 aromatic carbocycles. The van der Waals surface area contributed by atoms with Crippen LogP contribution in [0.1, 0.15) is 56.9 Å². The zero-order valence-electron chi connectivity index (χ0n) is 20.9. The Balaban J connectivity index is 1.77. The maximum absolute atomic E-state index is 13.9. The maximum atomic E-state index is 13.9. The van der Waals surface area contributed by atoms with Crippen molar-refractivity contribution >= 4 is 55.1 Å². The SMILES string of the molecule is C=CCOc1ccc(C2c3c(oc4ccc(Br)cc4c3=O)C(=O)N2c2nc(C)c(C(C)=O)s2)cc1OCC. The summed E-state index contributed by atoms with van der Waals surface area (Å²) in [6, 6.07) is 9.45. The second-order valence-corrected chi connectivity index (χ2v) is 10.5. The van der Waals surface area contributed by atoms with Gasteiger partial charge in [-0.25, -0.2) is 4.98 Å². The first kappa shape index (κ1) is 25.9. The Labute approximate surface area is 230 Å². The quantitative estimate of drug-likeness (QED) is 0.176. The van der Waals surface area contributed by atoms with Crippen LogP contribution < -0.4 is 19.8 Å². The molecule has 38 heavy (non-hydrogen) atoms. The number of ketones is 1. The number of aromatic nitrogens is 1. The van der Waals surface area contributed by atoms with Crippen molar-refractivity contribution in [1.82, 2.24) is 4.98 Å². The molecule has 1 aliphatic heterocycles. The lowest BCUT2D eigenvalue weighted by Gasteiger charge is -2.23. The highest BCUT2D eigenvalue weighted by Crippen LogP contribution is 2.45. The third-order valence-corrected chi connectivity index (χ3v) is 7.83. The first-order valence-corrected chi connectivity index (χ1v) is 13.4. The molecule has 10 heteroatoms. The Bertz CT molecular complexity index is 1670. The number of amides is 1. The standard InChI is InChI=1S/C28H23BrN2O6S/c1-5-11-36-20-9-7-16(12-21(20)35-6-2)23-22-24(33)18-13-17(29)8-10-19(18)37-25(22)27(34)31(23)28-30-14(3)26(38-28)15(4)32/h5,7-10,12-13,23H,1,6,11H2,2-4H3. The number of benzene rings is 2. The van der Waals surface area contributed by atoms with Crippen molar-refractivity contribution in [3.8, 4) is 11.5 Å². The molecule has 0 bridgehead atoms. The number of nitrogens with zero attached hydrogens (tertiary/aromatic N) is 2. The summed E-state index contributed by atoms with van der Waals surface area (Å²) in [4.78, 5) is 46.3. The molecule has 1 atom stereocenters. The van der Waals surface area contributed by atoms with Gasteiger partial charge in [0, 0.05) is 11.4 Å². The van der Waals surface area contributed by atoms with Crippen LogP contribution in [0.15, 0.2) is 62.7 Å². The lowest BCUT2D eigenvalue weighted by atomic mass is 9.98. The lowest BCUT2D eigenvalue weighted by Crippen LogP contribution is -2.29. The summed E-state index contributed by atoms with van der Waals surface area (Å²) in [6.07, 6.45) is 1.63. The monoisotopic (exact) mass is 594 g/mol. The fourth-order valence-corrected chi connectivity index (χ4v) is 5.85. The van der Waals surface area contributed by atoms with Crippen LogP contribution in [0, 0.1) is 6.92 Å². The fourth-order valence-electron chi connectivity index (χ4n) is 4.50. The Morgan fingerprint density at radius 2 is 2.00 bits per heavy atom. The van der Waals surface area contributed by atoms with Gasteiger partial charge in [-0.3, -0.25) is 19.3 Å². The van der Waals surface area contributed by atoms with Crippen molar-refractivity contribution in [3.05, 3.63) is 91.2 Å². The van der Waals surface area contributed by atoms with Gasteiger partial charge in [0.2, 0.25) is 5.76 Å². The third-order valence-electron chi connectivity index (χ3n) is 6.08. The van der Waals surface area contributed by atoms with Crippen LogP contribution in [-0.2, 0) is 0 Å². The second kappa shape index (κ2) is 10.2. The molecule has 0 aliphatic carbocycles. The van der Waals surface area contributed by atoms with E-state index in [0.29, 0.717) is 54.8 Å². The van der Waals surface area contributed by atoms with Crippen LogP contribution in [0.2, 0.25) is 0 Å². The summed E-state index contributed by atoms with van der Waals surface area (Å²) in [5, 5.41) is 0.636. The topological polar surface area (TPSA) is 98.9 Å². The smallest absolute Gasteiger partial charge is 0.297 e. The van der Waals surface area contributed by atoms with Gasteiger partial charge in [-0.1, -0.05) is 46.0 Å². The number of carbonyl (C=O) groups is 2. The summed E-state index contributed by atoms with van der Waals surface area (Å²) in [5.74, 6) is 0.238. The van der Waals surface area contributed by atoms with E-state index in [9.17, 15) is 14.4 Å². The molecular weight excluding hydrogens is 572 g/mol. The highest BCUT2D eigenvalue weighted by Gasteiger charge is 2.45. The van der Waals surface area contributed by atoms with Crippen LogP contribution in [0.5, 0.6) is 11.5 Å². The average molecular weight is 595 g/mol. The minimum atomic E-state index is -0.866. The van der Waals surface area contributed by atoms with Crippen molar-refractivity contribution in [2.45, 2.75) is 26.8 Å². The van der Waals surface area contributed by atoms with Gasteiger partial charge in [0.25, 0.3) is 5.91 Å². The van der Waals surface area contributed by atoms with Crippen molar-refractivity contribution in [2.75, 3.05) is 18.1 Å². The maximum Gasteiger partial charge on any atom is 0.297 e. The Morgan fingerprint density at radius 1 is 1.21 bits per heavy atom. The first-order chi connectivity index (χ1) is 18.2. The molecule has 5 rings (SSSR count). The van der Waals surface area contributed by atoms with Gasteiger partial charge in [-0.15, -0.1) is 0 Å². The number of rotatable bonds is 8. The van der Waals surface area contributed by atoms with Gasteiger partial charge >= 0.3 is 0 Å². The molecule has 8 nitrogen and oxygen atoms in total. The van der Waals surface area contributed by atoms with Crippen LogP contribution in [0.4, 0.5) is 5.13 Å². The number of thiazole rings is 1. The highest BCUT2D eigenvalue weighted by molar-refractivity contribution is 9.10. The molecule has 3 heterocycles. The zero-order chi connectivity index (χ0) is 27.1. The molecule has 1 amide bonds. The Morgan fingerprint density at radius 3 is 2.68 bits per heavy atom. The number of carbonyl (C=O) groups excluding carboxylic acids is 2. The van der Waals surface area contributed by atoms with Crippen molar-refractivity contribution in [3.63, 3.8) is 0 Å². The van der Waals surface area contributed by atoms with Gasteiger partial charge in [0.05, 0.1) is 34.2 Å². The van der Waals surface area contributed by atoms with E-state index in [0.717, 1.165) is 11.3 Å². The van der Waals surface area contributed by atoms with Crippen LogP contribution in [0.25, 0.3) is 11.0 Å². The summed E-state index contributed by atoms with van der Waals surface area (Å²) in [6.45, 7) is 9.37. The number of hydrogen-bond donors (Lipinski definition) is 0. The summed E-state index contributed by atoms with van der Waals surface area (Å²) in [5.41, 5.74) is 1.28. The van der Waals surface area contributed by atoms with Gasteiger partial charge in [0.15, 0.2) is 27.8 Å². The first-order valence-electron chi connectivity index (χ1n) is 11.8. The van der Waals surface area contributed by atoms with E-state index in [-0.39, 0.29) is 29.1 Å². The number of hydrogen-bond acceptors (Lipinski definition) is 8. The highest BCUT2D eigenvalue weighted by atomic mass is 79.9. The molecule has 2 aromatic heterocycles. The molecule has 0 saturated carbocycles. The number of ether oxygens (including phenoxy) is 2. The largest absolute Gasteiger partial charge is 0.490 e. The minimum Gasteiger partial charge on any atom is -0.490 e. The van der Waals surface area contributed by atoms with E-state index in [1.165, 1.54) is 11.8 Å². The molecule has 0 fully saturated rings. The molecule has 1 aliphatic rings. The van der Waals surface area contributed by atoms with E-state index < -0.39 is 11.9 Å². The summed E-state index contributed by atoms with van der Waals surface area (Å²) >= 11 is 4.52. The van der Waals surface area contributed by atoms with E-state index in [1.54, 1.807) is 49.4 Å². The Hall–Kier alpha value is -3.76. The van der Waals surface area contributed by atoms with E-state index >= 15 is 0 Å². The Kier molecular flexibility index (Phi) is 6.93. The van der Waals surface area contributed by atoms with Crippen molar-refractivity contribution in [2.24, 2.45) is 0 Å². The van der Waals surface area contributed by atoms with Gasteiger partial charge < -0.3 is 13.9 Å². The summed E-state index contributed by atoms with van der Waals surface area (Å²) < 4.78 is 18.3. The van der Waals surface area contributed by atoms with Crippen LogP contribution in [0.3, 0.4) is 0 Å². The van der Waals surface area contributed by atoms with Gasteiger partial charge in [-0.2, -0.15) is 0 Å². The number of Topliss-reactive ketones (excluding diaryl/α,β-unsaturated/α-hetero) is 1. The van der Waals surface area contributed by atoms with E-state index in [2.05, 4.69) is 27.5 Å².